The molecular formula is C14H18F2N2OS. The van der Waals surface area contributed by atoms with Crippen molar-refractivity contribution < 1.29 is 13.5 Å². The van der Waals surface area contributed by atoms with Crippen molar-refractivity contribution >= 4 is 22.9 Å². The molecule has 1 heterocycles. The van der Waals surface area contributed by atoms with Crippen molar-refractivity contribution in [2.24, 2.45) is 5.73 Å². The molecule has 0 radical (unpaired) electrons. The number of hydrogen-bond acceptors (Lipinski definition) is 3. The van der Waals surface area contributed by atoms with Crippen LogP contribution in [0, 0.1) is 11.6 Å². The van der Waals surface area contributed by atoms with E-state index in [-0.39, 0.29) is 22.3 Å². The lowest BCUT2D eigenvalue weighted by atomic mass is 10.1. The Bertz CT molecular complexity index is 504. The highest BCUT2D eigenvalue weighted by Crippen LogP contribution is 2.26. The number of halogens is 2. The molecule has 1 fully saturated rings. The molecule has 0 spiro atoms. The Labute approximate surface area is 122 Å². The summed E-state index contributed by atoms with van der Waals surface area (Å²) in [5.74, 6) is -1.89. The van der Waals surface area contributed by atoms with Gasteiger partial charge in [0, 0.05) is 25.3 Å². The van der Waals surface area contributed by atoms with Crippen LogP contribution in [0.2, 0.25) is 0 Å². The third-order valence-corrected chi connectivity index (χ3v) is 3.72. The summed E-state index contributed by atoms with van der Waals surface area (Å²) < 4.78 is 33.6. The van der Waals surface area contributed by atoms with E-state index >= 15 is 0 Å². The van der Waals surface area contributed by atoms with Crippen LogP contribution < -0.4 is 10.6 Å². The van der Waals surface area contributed by atoms with Crippen molar-refractivity contribution in [3.8, 4) is 0 Å². The molecule has 6 heteroatoms. The van der Waals surface area contributed by atoms with Crippen LogP contribution in [-0.2, 0) is 4.74 Å². The maximum absolute atomic E-state index is 14.2. The first-order chi connectivity index (χ1) is 9.54. The molecule has 1 aromatic carbocycles. The van der Waals surface area contributed by atoms with Crippen molar-refractivity contribution in [1.82, 2.24) is 0 Å². The molecule has 1 aliphatic heterocycles. The molecule has 3 nitrogen and oxygen atoms in total. The number of thiocarbonyl (C=S) groups is 1. The Hall–Kier alpha value is -1.27. The lowest BCUT2D eigenvalue weighted by Crippen LogP contribution is -2.33. The second-order valence-corrected chi connectivity index (χ2v) is 5.24. The number of hydrogen-bond donors (Lipinski definition) is 1. The molecular weight excluding hydrogens is 282 g/mol. The monoisotopic (exact) mass is 300 g/mol. The first kappa shape index (κ1) is 15.1. The van der Waals surface area contributed by atoms with Gasteiger partial charge in [0.05, 0.1) is 11.8 Å². The van der Waals surface area contributed by atoms with E-state index in [0.29, 0.717) is 13.1 Å². The van der Waals surface area contributed by atoms with E-state index in [9.17, 15) is 8.78 Å². The standard InChI is InChI=1S/C14H18F2N2OS/c1-2-18(8-9-4-3-7-19-9)11-6-5-10(14(17)20)12(15)13(11)16/h5-6,9H,2-4,7-8H2,1H3,(H2,17,20). The first-order valence-electron chi connectivity index (χ1n) is 6.69. The second-order valence-electron chi connectivity index (χ2n) is 4.80. The van der Waals surface area contributed by atoms with Gasteiger partial charge in [-0.1, -0.05) is 12.2 Å². The fourth-order valence-electron chi connectivity index (χ4n) is 2.41. The maximum atomic E-state index is 14.2. The molecule has 20 heavy (non-hydrogen) atoms. The molecule has 1 unspecified atom stereocenters. The van der Waals surface area contributed by atoms with Gasteiger partial charge in [0.25, 0.3) is 0 Å². The van der Waals surface area contributed by atoms with Gasteiger partial charge in [-0.05, 0) is 31.9 Å². The third-order valence-electron chi connectivity index (χ3n) is 3.50. The molecule has 0 aliphatic carbocycles. The lowest BCUT2D eigenvalue weighted by molar-refractivity contribution is 0.115. The number of likely N-dealkylation sites (N-methyl/N-ethyl adjacent to an activating group) is 1. The average molecular weight is 300 g/mol. The summed E-state index contributed by atoms with van der Waals surface area (Å²) in [5.41, 5.74) is 5.53. The summed E-state index contributed by atoms with van der Waals surface area (Å²) >= 11 is 4.70. The number of anilines is 1. The molecule has 1 aromatic rings. The summed E-state index contributed by atoms with van der Waals surface area (Å²) in [6, 6.07) is 2.94. The van der Waals surface area contributed by atoms with E-state index in [1.807, 2.05) is 6.92 Å². The molecule has 0 saturated carbocycles. The van der Waals surface area contributed by atoms with Gasteiger partial charge in [0.15, 0.2) is 11.6 Å². The molecule has 1 atom stereocenters. The van der Waals surface area contributed by atoms with Crippen LogP contribution >= 0.6 is 12.2 Å². The molecule has 0 bridgehead atoms. The van der Waals surface area contributed by atoms with Crippen LogP contribution in [0.3, 0.4) is 0 Å². The molecule has 110 valence electrons. The fraction of sp³-hybridized carbons (Fsp3) is 0.500. The zero-order valence-electron chi connectivity index (χ0n) is 11.4. The topological polar surface area (TPSA) is 38.5 Å². The zero-order chi connectivity index (χ0) is 14.7. The van der Waals surface area contributed by atoms with Crippen molar-refractivity contribution in [1.29, 1.82) is 0 Å². The SMILES string of the molecule is CCN(CC1CCCO1)c1ccc(C(N)=S)c(F)c1F. The van der Waals surface area contributed by atoms with Crippen LogP contribution in [0.5, 0.6) is 0 Å². The number of ether oxygens (including phenoxy) is 1. The summed E-state index contributed by atoms with van der Waals surface area (Å²) in [6.07, 6.45) is 2.04. The zero-order valence-corrected chi connectivity index (χ0v) is 12.2. The largest absolute Gasteiger partial charge is 0.389 e. The van der Waals surface area contributed by atoms with Crippen LogP contribution in [-0.4, -0.2) is 30.8 Å². The Balaban J connectivity index is 2.25. The van der Waals surface area contributed by atoms with Gasteiger partial charge in [-0.3, -0.25) is 0 Å². The third kappa shape index (κ3) is 3.07. The van der Waals surface area contributed by atoms with E-state index < -0.39 is 11.6 Å². The minimum Gasteiger partial charge on any atom is -0.389 e. The van der Waals surface area contributed by atoms with E-state index in [4.69, 9.17) is 22.7 Å². The van der Waals surface area contributed by atoms with Crippen molar-refractivity contribution in [3.63, 3.8) is 0 Å². The van der Waals surface area contributed by atoms with Gasteiger partial charge in [-0.25, -0.2) is 8.78 Å². The summed E-state index contributed by atoms with van der Waals surface area (Å²) in [7, 11) is 0. The average Bonchev–Trinajstić information content (AvgIpc) is 2.92. The number of benzene rings is 1. The second kappa shape index (κ2) is 6.45. The van der Waals surface area contributed by atoms with Crippen LogP contribution in [0.4, 0.5) is 14.5 Å². The highest BCUT2D eigenvalue weighted by atomic mass is 32.1. The van der Waals surface area contributed by atoms with Gasteiger partial charge in [0.1, 0.15) is 4.99 Å². The van der Waals surface area contributed by atoms with Crippen molar-refractivity contribution in [2.75, 3.05) is 24.6 Å². The first-order valence-corrected chi connectivity index (χ1v) is 7.09. The van der Waals surface area contributed by atoms with Crippen LogP contribution in [0.1, 0.15) is 25.3 Å². The summed E-state index contributed by atoms with van der Waals surface area (Å²) in [6.45, 7) is 3.76. The van der Waals surface area contributed by atoms with Crippen LogP contribution in [0.25, 0.3) is 0 Å². The van der Waals surface area contributed by atoms with Gasteiger partial charge in [0.2, 0.25) is 0 Å². The molecule has 2 rings (SSSR count). The minimum absolute atomic E-state index is 0.0607. The number of nitrogens with two attached hydrogens (primary N) is 1. The van der Waals surface area contributed by atoms with Gasteiger partial charge in [-0.2, -0.15) is 0 Å². The Kier molecular flexibility index (Phi) is 4.88. The normalized spacial score (nSPS) is 18.2. The smallest absolute Gasteiger partial charge is 0.182 e. The Morgan fingerprint density at radius 1 is 1.45 bits per heavy atom. The van der Waals surface area contributed by atoms with Crippen LogP contribution in [0.15, 0.2) is 12.1 Å². The van der Waals surface area contributed by atoms with E-state index in [1.54, 1.807) is 4.90 Å². The molecule has 0 amide bonds. The van der Waals surface area contributed by atoms with Crippen molar-refractivity contribution in [3.05, 3.63) is 29.3 Å². The Morgan fingerprint density at radius 3 is 2.75 bits per heavy atom. The minimum atomic E-state index is -0.985. The maximum Gasteiger partial charge on any atom is 0.182 e. The quantitative estimate of drug-likeness (QED) is 0.848. The molecule has 0 aromatic heterocycles. The number of rotatable bonds is 5. The Morgan fingerprint density at radius 2 is 2.20 bits per heavy atom. The van der Waals surface area contributed by atoms with Crippen molar-refractivity contribution in [2.45, 2.75) is 25.9 Å². The van der Waals surface area contributed by atoms with E-state index in [0.717, 1.165) is 19.4 Å². The molecule has 1 saturated heterocycles. The highest BCUT2D eigenvalue weighted by Gasteiger charge is 2.23. The van der Waals surface area contributed by atoms with Gasteiger partial charge < -0.3 is 15.4 Å². The summed E-state index contributed by atoms with van der Waals surface area (Å²) in [4.78, 5) is 1.63. The van der Waals surface area contributed by atoms with E-state index in [1.165, 1.54) is 12.1 Å². The predicted molar refractivity (Wildman–Crippen MR) is 79.1 cm³/mol. The van der Waals surface area contributed by atoms with Gasteiger partial charge >= 0.3 is 0 Å². The lowest BCUT2D eigenvalue weighted by Gasteiger charge is -2.26. The molecule has 2 N–H and O–H groups in total. The molecule has 1 aliphatic rings. The van der Waals surface area contributed by atoms with Gasteiger partial charge in [-0.15, -0.1) is 0 Å². The van der Waals surface area contributed by atoms with E-state index in [2.05, 4.69) is 0 Å². The number of nitrogens with zero attached hydrogens (tertiary/aromatic N) is 1. The predicted octanol–water partition coefficient (Wildman–Crippen LogP) is 2.60. The fourth-order valence-corrected chi connectivity index (χ4v) is 2.56. The highest BCUT2D eigenvalue weighted by molar-refractivity contribution is 7.80. The summed E-state index contributed by atoms with van der Waals surface area (Å²) in [5, 5.41) is 0.